The highest BCUT2D eigenvalue weighted by atomic mass is 16.5. The van der Waals surface area contributed by atoms with E-state index in [0.29, 0.717) is 25.7 Å². The van der Waals surface area contributed by atoms with Crippen molar-refractivity contribution in [1.82, 2.24) is 5.32 Å². The van der Waals surface area contributed by atoms with E-state index in [1.807, 2.05) is 18.2 Å². The molecule has 0 amide bonds. The van der Waals surface area contributed by atoms with Gasteiger partial charge in [-0.15, -0.1) is 0 Å². The van der Waals surface area contributed by atoms with Crippen molar-refractivity contribution in [2.24, 2.45) is 4.99 Å². The van der Waals surface area contributed by atoms with Crippen LogP contribution < -0.4 is 25.0 Å². The van der Waals surface area contributed by atoms with Gasteiger partial charge in [-0.25, -0.2) is 0 Å². The number of fused-ring (bicyclic) bond motifs is 1. The molecule has 2 aromatic rings. The van der Waals surface area contributed by atoms with E-state index in [0.717, 1.165) is 36.7 Å². The first-order chi connectivity index (χ1) is 13.8. The van der Waals surface area contributed by atoms with Crippen LogP contribution in [-0.4, -0.2) is 39.3 Å². The SMILES string of the molecule is CN=C(NCc1cccc(N2CC=CC2)c1)Nc1ccc2c(c1)OCCCO2. The summed E-state index contributed by atoms with van der Waals surface area (Å²) in [4.78, 5) is 6.67. The molecule has 6 nitrogen and oxygen atoms in total. The number of benzene rings is 2. The van der Waals surface area contributed by atoms with Crippen LogP contribution >= 0.6 is 0 Å². The maximum absolute atomic E-state index is 5.76. The Bertz CT molecular complexity index is 871. The second-order valence-corrected chi connectivity index (χ2v) is 6.81. The van der Waals surface area contributed by atoms with Gasteiger partial charge in [0.05, 0.1) is 13.2 Å². The van der Waals surface area contributed by atoms with Crippen LogP contribution in [0.5, 0.6) is 11.5 Å². The monoisotopic (exact) mass is 378 g/mol. The third-order valence-corrected chi connectivity index (χ3v) is 4.79. The molecule has 0 saturated carbocycles. The van der Waals surface area contributed by atoms with E-state index >= 15 is 0 Å². The molecule has 6 heteroatoms. The number of nitrogens with one attached hydrogen (secondary N) is 2. The fourth-order valence-electron chi connectivity index (χ4n) is 3.29. The Balaban J connectivity index is 1.38. The molecule has 0 bridgehead atoms. The average molecular weight is 378 g/mol. The van der Waals surface area contributed by atoms with Crippen molar-refractivity contribution in [2.75, 3.05) is 43.6 Å². The summed E-state index contributed by atoms with van der Waals surface area (Å²) in [5.41, 5.74) is 3.37. The van der Waals surface area contributed by atoms with Crippen molar-refractivity contribution >= 4 is 17.3 Å². The van der Waals surface area contributed by atoms with Crippen molar-refractivity contribution in [2.45, 2.75) is 13.0 Å². The first kappa shape index (κ1) is 18.2. The number of hydrogen-bond donors (Lipinski definition) is 2. The molecule has 0 radical (unpaired) electrons. The largest absolute Gasteiger partial charge is 0.490 e. The number of ether oxygens (including phenoxy) is 2. The lowest BCUT2D eigenvalue weighted by Crippen LogP contribution is -2.30. The maximum atomic E-state index is 5.76. The van der Waals surface area contributed by atoms with Gasteiger partial charge in [0.15, 0.2) is 17.5 Å². The molecule has 0 atom stereocenters. The topological polar surface area (TPSA) is 58.1 Å². The van der Waals surface area contributed by atoms with Crippen LogP contribution in [0.25, 0.3) is 0 Å². The third kappa shape index (κ3) is 4.39. The maximum Gasteiger partial charge on any atom is 0.195 e. The molecule has 146 valence electrons. The van der Waals surface area contributed by atoms with E-state index in [4.69, 9.17) is 9.47 Å². The normalized spacial score (nSPS) is 16.0. The van der Waals surface area contributed by atoms with Gasteiger partial charge in [-0.3, -0.25) is 4.99 Å². The Morgan fingerprint density at radius 3 is 2.68 bits per heavy atom. The highest BCUT2D eigenvalue weighted by Crippen LogP contribution is 2.32. The lowest BCUT2D eigenvalue weighted by Gasteiger charge is -2.19. The van der Waals surface area contributed by atoms with E-state index in [1.165, 1.54) is 11.3 Å². The summed E-state index contributed by atoms with van der Waals surface area (Å²) >= 11 is 0. The number of rotatable bonds is 4. The van der Waals surface area contributed by atoms with E-state index < -0.39 is 0 Å². The van der Waals surface area contributed by atoms with E-state index in [1.54, 1.807) is 7.05 Å². The molecule has 28 heavy (non-hydrogen) atoms. The molecule has 2 aliphatic heterocycles. The summed E-state index contributed by atoms with van der Waals surface area (Å²) in [6.45, 7) is 4.01. The number of guanidine groups is 1. The summed E-state index contributed by atoms with van der Waals surface area (Å²) < 4.78 is 11.4. The highest BCUT2D eigenvalue weighted by Gasteiger charge is 2.12. The molecule has 0 fully saturated rings. The van der Waals surface area contributed by atoms with Gasteiger partial charge in [-0.1, -0.05) is 24.3 Å². The first-order valence-corrected chi connectivity index (χ1v) is 9.68. The minimum absolute atomic E-state index is 0.673. The minimum Gasteiger partial charge on any atom is -0.490 e. The van der Waals surface area contributed by atoms with Gasteiger partial charge >= 0.3 is 0 Å². The summed E-state index contributed by atoms with van der Waals surface area (Å²) in [7, 11) is 1.77. The number of aliphatic imine (C=N–C) groups is 1. The van der Waals surface area contributed by atoms with Crippen LogP contribution in [-0.2, 0) is 6.54 Å². The number of anilines is 2. The van der Waals surface area contributed by atoms with Crippen molar-refractivity contribution < 1.29 is 9.47 Å². The van der Waals surface area contributed by atoms with Crippen LogP contribution in [0.4, 0.5) is 11.4 Å². The predicted octanol–water partition coefficient (Wildman–Crippen LogP) is 3.41. The molecule has 2 aromatic carbocycles. The molecule has 0 aliphatic carbocycles. The fraction of sp³-hybridized carbons (Fsp3) is 0.318. The molecule has 4 rings (SSSR count). The van der Waals surface area contributed by atoms with E-state index in [-0.39, 0.29) is 0 Å². The van der Waals surface area contributed by atoms with Gasteiger partial charge in [0, 0.05) is 50.5 Å². The second kappa shape index (κ2) is 8.69. The Hall–Kier alpha value is -3.15. The lowest BCUT2D eigenvalue weighted by atomic mass is 10.2. The number of nitrogens with zero attached hydrogens (tertiary/aromatic N) is 2. The van der Waals surface area contributed by atoms with Crippen LogP contribution in [0, 0.1) is 0 Å². The summed E-state index contributed by atoms with van der Waals surface area (Å²) in [5, 5.41) is 6.70. The van der Waals surface area contributed by atoms with Gasteiger partial charge in [-0.2, -0.15) is 0 Å². The van der Waals surface area contributed by atoms with Crippen molar-refractivity contribution in [3.8, 4) is 11.5 Å². The van der Waals surface area contributed by atoms with Gasteiger partial charge in [-0.05, 0) is 29.8 Å². The average Bonchev–Trinajstić information content (AvgIpc) is 3.17. The zero-order chi connectivity index (χ0) is 19.2. The van der Waals surface area contributed by atoms with Crippen LogP contribution in [0.15, 0.2) is 59.6 Å². The standard InChI is InChI=1S/C22H26N4O2/c1-23-22(25-18-8-9-20-21(15-18)28-13-5-12-27-20)24-16-17-6-4-7-19(14-17)26-10-2-3-11-26/h2-4,6-9,14-15H,5,10-13,16H2,1H3,(H2,23,24,25). The van der Waals surface area contributed by atoms with Crippen molar-refractivity contribution in [3.63, 3.8) is 0 Å². The Kier molecular flexibility index (Phi) is 5.66. The zero-order valence-corrected chi connectivity index (χ0v) is 16.1. The first-order valence-electron chi connectivity index (χ1n) is 9.68. The van der Waals surface area contributed by atoms with Gasteiger partial charge < -0.3 is 25.0 Å². The quantitative estimate of drug-likeness (QED) is 0.485. The smallest absolute Gasteiger partial charge is 0.195 e. The molecule has 0 spiro atoms. The molecular formula is C22H26N4O2. The lowest BCUT2D eigenvalue weighted by molar-refractivity contribution is 0.297. The highest BCUT2D eigenvalue weighted by molar-refractivity contribution is 5.93. The van der Waals surface area contributed by atoms with Gasteiger partial charge in [0.1, 0.15) is 0 Å². The Morgan fingerprint density at radius 1 is 1.04 bits per heavy atom. The molecule has 2 heterocycles. The summed E-state index contributed by atoms with van der Waals surface area (Å²) in [6, 6.07) is 14.5. The minimum atomic E-state index is 0.673. The van der Waals surface area contributed by atoms with Crippen molar-refractivity contribution in [1.29, 1.82) is 0 Å². The predicted molar refractivity (Wildman–Crippen MR) is 114 cm³/mol. The Morgan fingerprint density at radius 2 is 1.86 bits per heavy atom. The van der Waals surface area contributed by atoms with Crippen molar-refractivity contribution in [3.05, 3.63) is 60.2 Å². The summed E-state index contributed by atoms with van der Waals surface area (Å²) in [5.74, 6) is 2.27. The van der Waals surface area contributed by atoms with Crippen LogP contribution in [0.3, 0.4) is 0 Å². The van der Waals surface area contributed by atoms with E-state index in [2.05, 4.69) is 56.9 Å². The van der Waals surface area contributed by atoms with Gasteiger partial charge in [0.25, 0.3) is 0 Å². The molecular weight excluding hydrogens is 352 g/mol. The molecule has 0 aromatic heterocycles. The molecule has 0 unspecified atom stereocenters. The van der Waals surface area contributed by atoms with Crippen LogP contribution in [0.2, 0.25) is 0 Å². The third-order valence-electron chi connectivity index (χ3n) is 4.79. The Labute approximate surface area is 165 Å². The molecule has 2 N–H and O–H groups in total. The van der Waals surface area contributed by atoms with E-state index in [9.17, 15) is 0 Å². The van der Waals surface area contributed by atoms with Gasteiger partial charge in [0.2, 0.25) is 0 Å². The molecule has 2 aliphatic rings. The van der Waals surface area contributed by atoms with Crippen LogP contribution in [0.1, 0.15) is 12.0 Å². The fourth-order valence-corrected chi connectivity index (χ4v) is 3.29. The molecule has 0 saturated heterocycles. The number of hydrogen-bond acceptors (Lipinski definition) is 4. The zero-order valence-electron chi connectivity index (χ0n) is 16.1. The summed E-state index contributed by atoms with van der Waals surface area (Å²) in [6.07, 6.45) is 5.30. The second-order valence-electron chi connectivity index (χ2n) is 6.81.